The Labute approximate surface area is 738 Å². The average molecular weight is 1640 g/mol. The minimum Gasteiger partial charge on any atom is -0.486 e. The lowest BCUT2D eigenvalue weighted by molar-refractivity contribution is 0.0262. The molecule has 2 saturated heterocycles. The van der Waals surface area contributed by atoms with Crippen molar-refractivity contribution in [3.05, 3.63) is 429 Å². The van der Waals surface area contributed by atoms with Crippen LogP contribution in [-0.4, -0.2) is 85.8 Å². The van der Waals surface area contributed by atoms with Crippen LogP contribution >= 0.6 is 0 Å². The number of nitrogens with two attached hydrogens (primary N) is 1. The zero-order chi connectivity index (χ0) is 86.4. The Morgan fingerprint density at radius 1 is 0.293 bits per heavy atom. The SMILES string of the molecule is CC/C(Cc1ccccc1)=C(\c1ccccc1)c1ccc(OC(C)N(C)C)cc1.CC/C(Cc1ccccc1)=C(\c1ccccc1)c1ccc(OC(C)N2CCCC2)cc1.CC/C(Cc1ccccc1)=C(\c1ccccc1)c1ccc(OC(C)N2CCCCC2)cc1.CC/C(Cc1ccccc1)=C(\c1ccccc1)c1ccc(OC(CC)(CC)CN)cc1. The highest BCUT2D eigenvalue weighted by molar-refractivity contribution is 5.86. The van der Waals surface area contributed by atoms with Crippen molar-refractivity contribution in [2.75, 3.05) is 46.8 Å². The van der Waals surface area contributed by atoms with E-state index in [1.807, 2.05) is 14.1 Å². The fourth-order valence-electron chi connectivity index (χ4n) is 16.6. The third-order valence-electron chi connectivity index (χ3n) is 24.2. The highest BCUT2D eigenvalue weighted by atomic mass is 16.5. The molecule has 0 bridgehead atoms. The minimum absolute atomic E-state index is 0.0364. The van der Waals surface area contributed by atoms with E-state index in [1.54, 1.807) is 0 Å². The van der Waals surface area contributed by atoms with Crippen LogP contribution in [0.1, 0.15) is 200 Å². The van der Waals surface area contributed by atoms with Gasteiger partial charge in [-0.2, -0.15) is 0 Å². The molecule has 8 nitrogen and oxygen atoms in total. The van der Waals surface area contributed by atoms with Crippen molar-refractivity contribution in [2.45, 2.75) is 183 Å². The quantitative estimate of drug-likeness (QED) is 0.0400. The van der Waals surface area contributed by atoms with E-state index < -0.39 is 0 Å². The van der Waals surface area contributed by atoms with Gasteiger partial charge in [0.05, 0.1) is 0 Å². The Balaban J connectivity index is 0.000000160. The summed E-state index contributed by atoms with van der Waals surface area (Å²) >= 11 is 0. The van der Waals surface area contributed by atoms with Gasteiger partial charge >= 0.3 is 0 Å². The van der Waals surface area contributed by atoms with E-state index in [2.05, 4.69) is 417 Å². The zero-order valence-corrected chi connectivity index (χ0v) is 75.3. The molecule has 2 aliphatic rings. The largest absolute Gasteiger partial charge is 0.486 e. The predicted octanol–water partition coefficient (Wildman–Crippen LogP) is 27.8. The van der Waals surface area contributed by atoms with Crippen LogP contribution in [0, 0.1) is 0 Å². The van der Waals surface area contributed by atoms with Crippen molar-refractivity contribution in [3.63, 3.8) is 0 Å². The van der Waals surface area contributed by atoms with Crippen LogP contribution in [0.2, 0.25) is 0 Å². The average Bonchev–Trinajstić information content (AvgIpc) is 1.17. The summed E-state index contributed by atoms with van der Waals surface area (Å²) in [6.07, 6.45) is 16.4. The lowest BCUT2D eigenvalue weighted by atomic mass is 9.88. The predicted molar refractivity (Wildman–Crippen MR) is 521 cm³/mol. The molecule has 2 heterocycles. The summed E-state index contributed by atoms with van der Waals surface area (Å²) in [4.78, 5) is 6.91. The van der Waals surface area contributed by atoms with Crippen LogP contribution in [0.25, 0.3) is 22.3 Å². The molecule has 2 fully saturated rings. The Morgan fingerprint density at radius 2 is 0.512 bits per heavy atom. The molecule has 12 aromatic rings. The maximum Gasteiger partial charge on any atom is 0.149 e. The molecular weight excluding hydrogens is 1500 g/mol. The maximum atomic E-state index is 6.33. The highest BCUT2D eigenvalue weighted by Crippen LogP contribution is 2.38. The summed E-state index contributed by atoms with van der Waals surface area (Å²) in [5, 5.41) is 0. The standard InChI is InChI=1S/C30H35NO.C29H33NO.C29H35NO.C27H31NO/c1-3-26(23-25-13-7-4-8-14-25)30(27-15-9-5-10-16-27)28-17-19-29(20-18-28)32-24(2)31-21-11-6-12-22-31;1-3-25(22-24-12-6-4-7-13-24)29(26-14-8-5-9-15-26)27-16-18-28(19-17-27)31-23(2)30-20-10-11-21-30;1-4-24(21-23-13-9-7-10-14-23)28(25-15-11-8-12-16-25)26-17-19-27(20-18-26)31-29(5-2,6-3)22-30;1-5-23(20-22-12-8-6-9-13-22)27(24-14-10-7-11-15-24)25-16-18-26(19-17-25)29-21(2)28(3)4/h4-5,7-10,13-20,24H,3,6,11-12,21-23H2,1-2H3;4-9,12-19,23H,3,10-11,20-22H2,1-2H3;7-20H,4-6,21-22,30H2,1-3H3;6-19,21H,5,20H2,1-4H3/b30-26-;29-25-;28-24-;27-23-. The summed E-state index contributed by atoms with van der Waals surface area (Å²) in [5.41, 5.74) is 32.2. The molecule has 2 N–H and O–H groups in total. The van der Waals surface area contributed by atoms with E-state index in [9.17, 15) is 0 Å². The van der Waals surface area contributed by atoms with Crippen molar-refractivity contribution >= 4 is 22.3 Å². The molecule has 12 aromatic carbocycles. The molecule has 8 heteroatoms. The smallest absolute Gasteiger partial charge is 0.149 e. The lowest BCUT2D eigenvalue weighted by Crippen LogP contribution is -2.42. The molecule has 0 radical (unpaired) electrons. The Hall–Kier alpha value is -11.4. The topological polar surface area (TPSA) is 72.7 Å². The van der Waals surface area contributed by atoms with E-state index in [0.717, 1.165) is 113 Å². The van der Waals surface area contributed by atoms with Crippen molar-refractivity contribution in [1.29, 1.82) is 0 Å². The molecule has 0 saturated carbocycles. The van der Waals surface area contributed by atoms with Gasteiger partial charge in [-0.15, -0.1) is 0 Å². The molecular formula is C115H134N4O4. The first-order valence-electron chi connectivity index (χ1n) is 45.4. The van der Waals surface area contributed by atoms with Crippen molar-refractivity contribution in [2.24, 2.45) is 5.73 Å². The first-order valence-corrected chi connectivity index (χ1v) is 45.4. The van der Waals surface area contributed by atoms with Gasteiger partial charge in [0.2, 0.25) is 0 Å². The second-order valence-electron chi connectivity index (χ2n) is 32.7. The fourth-order valence-corrected chi connectivity index (χ4v) is 16.6. The van der Waals surface area contributed by atoms with Crippen LogP contribution in [0.15, 0.2) is 362 Å². The second-order valence-corrected chi connectivity index (χ2v) is 32.7. The van der Waals surface area contributed by atoms with Crippen LogP contribution in [0.3, 0.4) is 0 Å². The lowest BCUT2D eigenvalue weighted by Gasteiger charge is -2.32. The summed E-state index contributed by atoms with van der Waals surface area (Å²) in [5.74, 6) is 3.66. The van der Waals surface area contributed by atoms with Gasteiger partial charge in [-0.25, -0.2) is 0 Å². The molecule has 14 rings (SSSR count). The van der Waals surface area contributed by atoms with Gasteiger partial charge in [-0.1, -0.05) is 361 Å². The minimum atomic E-state index is -0.290. The highest BCUT2D eigenvalue weighted by Gasteiger charge is 2.28. The first-order chi connectivity index (χ1) is 60.2. The fraction of sp³-hybridized carbons (Fsp3) is 0.304. The Morgan fingerprint density at radius 3 is 0.740 bits per heavy atom. The second kappa shape index (κ2) is 49.1. The summed E-state index contributed by atoms with van der Waals surface area (Å²) in [6.45, 7) is 24.7. The monoisotopic (exact) mass is 1640 g/mol. The summed E-state index contributed by atoms with van der Waals surface area (Å²) < 4.78 is 24.9. The number of piperidine rings is 1. The van der Waals surface area contributed by atoms with Gasteiger partial charge in [0.25, 0.3) is 0 Å². The van der Waals surface area contributed by atoms with Gasteiger partial charge in [-0.05, 0) is 262 Å². The van der Waals surface area contributed by atoms with Crippen LogP contribution in [0.5, 0.6) is 23.0 Å². The third kappa shape index (κ3) is 27.6. The van der Waals surface area contributed by atoms with Crippen LogP contribution in [0.4, 0.5) is 0 Å². The number of benzene rings is 12. The number of likely N-dealkylation sites (tertiary alicyclic amines) is 2. The van der Waals surface area contributed by atoms with Crippen LogP contribution in [-0.2, 0) is 25.7 Å². The zero-order valence-electron chi connectivity index (χ0n) is 75.3. The molecule has 0 aromatic heterocycles. The molecule has 0 amide bonds. The number of hydrogen-bond donors (Lipinski definition) is 1. The Kier molecular flexibility index (Phi) is 36.8. The van der Waals surface area contributed by atoms with Crippen LogP contribution < -0.4 is 24.7 Å². The maximum absolute atomic E-state index is 6.33. The van der Waals surface area contributed by atoms with E-state index in [4.69, 9.17) is 24.7 Å². The van der Waals surface area contributed by atoms with E-state index >= 15 is 0 Å². The third-order valence-corrected chi connectivity index (χ3v) is 24.2. The normalized spacial score (nSPS) is 14.5. The number of nitrogens with zero attached hydrogens (tertiary/aromatic N) is 3. The first kappa shape index (κ1) is 92.4. The van der Waals surface area contributed by atoms with Gasteiger partial charge < -0.3 is 24.7 Å². The van der Waals surface area contributed by atoms with Gasteiger partial charge in [0, 0.05) is 32.7 Å². The van der Waals surface area contributed by atoms with Crippen molar-refractivity contribution in [3.8, 4) is 23.0 Å². The summed E-state index contributed by atoms with van der Waals surface area (Å²) in [7, 11) is 4.04. The molecule has 2 aliphatic heterocycles. The molecule has 3 atom stereocenters. The van der Waals surface area contributed by atoms with Gasteiger partial charge in [-0.3, -0.25) is 14.7 Å². The van der Waals surface area contributed by atoms with Gasteiger partial charge in [0.1, 0.15) is 47.3 Å². The van der Waals surface area contributed by atoms with Crippen molar-refractivity contribution in [1.82, 2.24) is 14.7 Å². The summed E-state index contributed by atoms with van der Waals surface area (Å²) in [6, 6.07) is 120. The molecule has 123 heavy (non-hydrogen) atoms. The number of ether oxygens (including phenoxy) is 4. The number of hydrogen-bond acceptors (Lipinski definition) is 8. The molecule has 0 spiro atoms. The Bertz CT molecular complexity index is 5130. The molecule has 0 aliphatic carbocycles. The number of rotatable bonds is 34. The van der Waals surface area contributed by atoms with Gasteiger partial charge in [0.15, 0.2) is 0 Å². The van der Waals surface area contributed by atoms with Crippen molar-refractivity contribution < 1.29 is 18.9 Å². The number of allylic oxidation sites excluding steroid dienone is 4. The van der Waals surface area contributed by atoms with E-state index in [0.29, 0.717) is 6.54 Å². The van der Waals surface area contributed by atoms with E-state index in [-0.39, 0.29) is 24.3 Å². The van der Waals surface area contributed by atoms with E-state index in [1.165, 1.54) is 143 Å². The molecule has 638 valence electrons. The molecule has 3 unspecified atom stereocenters.